The quantitative estimate of drug-likeness (QED) is 0.593. The fraction of sp³-hybridized carbons (Fsp3) is 0.714. The molecule has 0 radical (unpaired) electrons. The van der Waals surface area contributed by atoms with Gasteiger partial charge in [0.25, 0.3) is 0 Å². The summed E-state index contributed by atoms with van der Waals surface area (Å²) in [5.41, 5.74) is 2.27. The summed E-state index contributed by atoms with van der Waals surface area (Å²) in [6.07, 6.45) is 10.7. The molecule has 0 N–H and O–H groups in total. The molecule has 0 nitrogen and oxygen atoms in total. The zero-order valence-corrected chi connectivity index (χ0v) is 10.4. The largest absolute Gasteiger partial charge is 0.0839 e. The van der Waals surface area contributed by atoms with E-state index in [2.05, 4.69) is 52.8 Å². The molecule has 1 aliphatic rings. The second-order valence-corrected chi connectivity index (χ2v) is 6.26. The van der Waals surface area contributed by atoms with Crippen molar-refractivity contribution in [3.05, 3.63) is 23.8 Å². The van der Waals surface area contributed by atoms with Crippen LogP contribution in [0.5, 0.6) is 0 Å². The lowest BCUT2D eigenvalue weighted by Gasteiger charge is -2.34. The number of allylic oxidation sites excluding steroid dienone is 4. The molecule has 80 valence electrons. The topological polar surface area (TPSA) is 0 Å². The van der Waals surface area contributed by atoms with Gasteiger partial charge in [-0.25, -0.2) is 0 Å². The number of rotatable bonds is 2. The molecule has 0 aromatic carbocycles. The van der Waals surface area contributed by atoms with Crippen molar-refractivity contribution in [2.45, 2.75) is 53.9 Å². The van der Waals surface area contributed by atoms with Crippen LogP contribution in [0, 0.1) is 10.8 Å². The maximum atomic E-state index is 2.41. The Morgan fingerprint density at radius 2 is 1.71 bits per heavy atom. The molecule has 1 rings (SSSR count). The van der Waals surface area contributed by atoms with Crippen LogP contribution >= 0.6 is 0 Å². The van der Waals surface area contributed by atoms with Crippen LogP contribution in [0.1, 0.15) is 53.9 Å². The van der Waals surface area contributed by atoms with Crippen LogP contribution in [-0.4, -0.2) is 0 Å². The van der Waals surface area contributed by atoms with E-state index in [0.717, 1.165) is 0 Å². The van der Waals surface area contributed by atoms with Crippen molar-refractivity contribution in [1.29, 1.82) is 0 Å². The molecule has 0 unspecified atom stereocenters. The molecule has 0 aromatic heterocycles. The lowest BCUT2D eigenvalue weighted by molar-refractivity contribution is 0.252. The van der Waals surface area contributed by atoms with Gasteiger partial charge in [0.15, 0.2) is 0 Å². The molecule has 0 fully saturated rings. The predicted octanol–water partition coefficient (Wildman–Crippen LogP) is 4.73. The predicted molar refractivity (Wildman–Crippen MR) is 64.3 cm³/mol. The Balaban J connectivity index is 2.74. The van der Waals surface area contributed by atoms with Gasteiger partial charge in [-0.3, -0.25) is 0 Å². The van der Waals surface area contributed by atoms with Crippen LogP contribution in [0.25, 0.3) is 0 Å². The van der Waals surface area contributed by atoms with E-state index >= 15 is 0 Å². The summed E-state index contributed by atoms with van der Waals surface area (Å²) in [4.78, 5) is 0. The van der Waals surface area contributed by atoms with Crippen LogP contribution in [-0.2, 0) is 0 Å². The van der Waals surface area contributed by atoms with Crippen molar-refractivity contribution in [3.8, 4) is 0 Å². The van der Waals surface area contributed by atoms with Gasteiger partial charge in [0.05, 0.1) is 0 Å². The Morgan fingerprint density at radius 3 is 2.14 bits per heavy atom. The van der Waals surface area contributed by atoms with Gasteiger partial charge in [-0.1, -0.05) is 52.8 Å². The van der Waals surface area contributed by atoms with Gasteiger partial charge in [0, 0.05) is 0 Å². The van der Waals surface area contributed by atoms with Gasteiger partial charge in [0.1, 0.15) is 0 Å². The molecule has 0 amide bonds. The van der Waals surface area contributed by atoms with E-state index in [1.807, 2.05) is 0 Å². The second-order valence-electron chi connectivity index (χ2n) is 6.26. The molecule has 0 aromatic rings. The zero-order valence-electron chi connectivity index (χ0n) is 10.4. The Kier molecular flexibility index (Phi) is 3.24. The molecule has 0 aliphatic heterocycles. The normalized spacial score (nSPS) is 18.2. The molecular weight excluding hydrogens is 168 g/mol. The van der Waals surface area contributed by atoms with Crippen LogP contribution in [0.4, 0.5) is 0 Å². The highest BCUT2D eigenvalue weighted by Gasteiger charge is 2.28. The van der Waals surface area contributed by atoms with Crippen LogP contribution < -0.4 is 0 Å². The molecule has 0 heterocycles. The van der Waals surface area contributed by atoms with E-state index in [9.17, 15) is 0 Å². The molecule has 0 saturated heterocycles. The fourth-order valence-corrected chi connectivity index (χ4v) is 2.54. The number of hydrogen-bond donors (Lipinski definition) is 0. The standard InChI is InChI=1S/C14H24/c1-13(2,3)11-14(4,5)12-9-7-6-8-10-12/h7,9-10H,6,8,11H2,1-5H3. The summed E-state index contributed by atoms with van der Waals surface area (Å²) in [7, 11) is 0. The summed E-state index contributed by atoms with van der Waals surface area (Å²) in [5, 5.41) is 0. The van der Waals surface area contributed by atoms with Crippen molar-refractivity contribution in [2.24, 2.45) is 10.8 Å². The average molecular weight is 192 g/mol. The van der Waals surface area contributed by atoms with E-state index in [-0.39, 0.29) is 0 Å². The maximum absolute atomic E-state index is 2.41. The van der Waals surface area contributed by atoms with Crippen molar-refractivity contribution in [3.63, 3.8) is 0 Å². The molecule has 0 atom stereocenters. The lowest BCUT2D eigenvalue weighted by Crippen LogP contribution is -2.22. The monoisotopic (exact) mass is 192 g/mol. The summed E-state index contributed by atoms with van der Waals surface area (Å²) in [6, 6.07) is 0. The van der Waals surface area contributed by atoms with E-state index in [1.165, 1.54) is 24.8 Å². The molecule has 1 aliphatic carbocycles. The summed E-state index contributed by atoms with van der Waals surface area (Å²) in [5.74, 6) is 0. The van der Waals surface area contributed by atoms with Gasteiger partial charge in [0.2, 0.25) is 0 Å². The molecular formula is C14H24. The smallest absolute Gasteiger partial charge is 0.0102 e. The first-order valence-electron chi connectivity index (χ1n) is 5.68. The Hall–Kier alpha value is -0.520. The van der Waals surface area contributed by atoms with Crippen molar-refractivity contribution in [2.75, 3.05) is 0 Å². The SMILES string of the molecule is CC(C)(C)CC(C)(C)C1=CCCC=C1. The van der Waals surface area contributed by atoms with Gasteiger partial charge in [-0.15, -0.1) is 0 Å². The van der Waals surface area contributed by atoms with Gasteiger partial charge in [-0.05, 0) is 35.7 Å². The third kappa shape index (κ3) is 3.32. The average Bonchev–Trinajstić information content (AvgIpc) is 2.01. The first kappa shape index (κ1) is 11.6. The zero-order chi connectivity index (χ0) is 10.8. The summed E-state index contributed by atoms with van der Waals surface area (Å²) in [6.45, 7) is 11.7. The Bertz CT molecular complexity index is 246. The van der Waals surface area contributed by atoms with E-state index in [0.29, 0.717) is 10.8 Å². The minimum atomic E-state index is 0.329. The van der Waals surface area contributed by atoms with Gasteiger partial charge in [-0.2, -0.15) is 0 Å². The summed E-state index contributed by atoms with van der Waals surface area (Å²) < 4.78 is 0. The number of hydrogen-bond acceptors (Lipinski definition) is 0. The minimum Gasteiger partial charge on any atom is -0.0839 e. The lowest BCUT2D eigenvalue weighted by atomic mass is 9.71. The highest BCUT2D eigenvalue weighted by molar-refractivity contribution is 5.28. The van der Waals surface area contributed by atoms with Crippen LogP contribution in [0.15, 0.2) is 23.8 Å². The molecule has 0 bridgehead atoms. The van der Waals surface area contributed by atoms with Gasteiger partial charge >= 0.3 is 0 Å². The van der Waals surface area contributed by atoms with Crippen LogP contribution in [0.2, 0.25) is 0 Å². The first-order valence-corrected chi connectivity index (χ1v) is 5.68. The fourth-order valence-electron chi connectivity index (χ4n) is 2.54. The molecule has 0 saturated carbocycles. The minimum absolute atomic E-state index is 0.329. The Morgan fingerprint density at radius 1 is 1.07 bits per heavy atom. The third-order valence-electron chi connectivity index (χ3n) is 2.75. The van der Waals surface area contributed by atoms with E-state index in [1.54, 1.807) is 0 Å². The first-order chi connectivity index (χ1) is 6.31. The summed E-state index contributed by atoms with van der Waals surface area (Å²) >= 11 is 0. The Labute approximate surface area is 89.1 Å². The van der Waals surface area contributed by atoms with Crippen molar-refractivity contribution >= 4 is 0 Å². The maximum Gasteiger partial charge on any atom is -0.0102 e. The highest BCUT2D eigenvalue weighted by atomic mass is 14.3. The van der Waals surface area contributed by atoms with E-state index in [4.69, 9.17) is 0 Å². The van der Waals surface area contributed by atoms with E-state index < -0.39 is 0 Å². The second kappa shape index (κ2) is 3.92. The highest BCUT2D eigenvalue weighted by Crippen LogP contribution is 2.40. The molecule has 0 spiro atoms. The van der Waals surface area contributed by atoms with Crippen molar-refractivity contribution in [1.82, 2.24) is 0 Å². The van der Waals surface area contributed by atoms with Crippen molar-refractivity contribution < 1.29 is 0 Å². The third-order valence-corrected chi connectivity index (χ3v) is 2.75. The molecule has 0 heteroatoms. The van der Waals surface area contributed by atoms with Crippen LogP contribution in [0.3, 0.4) is 0 Å². The van der Waals surface area contributed by atoms with Gasteiger partial charge < -0.3 is 0 Å². The molecule has 14 heavy (non-hydrogen) atoms.